The van der Waals surface area contributed by atoms with E-state index in [2.05, 4.69) is 49.9 Å². The Morgan fingerprint density at radius 2 is 1.94 bits per heavy atom. The lowest BCUT2D eigenvalue weighted by Gasteiger charge is -2.37. The summed E-state index contributed by atoms with van der Waals surface area (Å²) in [6.07, 6.45) is 5.96. The first kappa shape index (κ1) is 12.4. The standard InChI is InChI=1S/C14H22N2Si/c1-14(2,3)17(4,5)10-12-9-15-8-11-6-7-16-13(11)12/h6-9,16H,10H2,1-5H3. The van der Waals surface area contributed by atoms with Crippen molar-refractivity contribution in [3.8, 4) is 0 Å². The van der Waals surface area contributed by atoms with Gasteiger partial charge in [0.15, 0.2) is 0 Å². The smallest absolute Gasteiger partial charge is 0.0573 e. The molecule has 1 N–H and O–H groups in total. The van der Waals surface area contributed by atoms with Crippen molar-refractivity contribution >= 4 is 19.0 Å². The maximum atomic E-state index is 4.35. The zero-order valence-corrected chi connectivity index (χ0v) is 12.5. The lowest BCUT2D eigenvalue weighted by atomic mass is 10.2. The number of fused-ring (bicyclic) bond motifs is 1. The zero-order valence-electron chi connectivity index (χ0n) is 11.5. The van der Waals surface area contributed by atoms with Gasteiger partial charge in [-0.1, -0.05) is 33.9 Å². The lowest BCUT2D eigenvalue weighted by molar-refractivity contribution is 0.714. The first-order valence-electron chi connectivity index (χ1n) is 6.21. The maximum Gasteiger partial charge on any atom is 0.0573 e. The van der Waals surface area contributed by atoms with Crippen LogP contribution in [0.4, 0.5) is 0 Å². The van der Waals surface area contributed by atoms with E-state index in [1.54, 1.807) is 0 Å². The van der Waals surface area contributed by atoms with Gasteiger partial charge in [0.2, 0.25) is 0 Å². The van der Waals surface area contributed by atoms with Gasteiger partial charge in [0.05, 0.1) is 13.6 Å². The molecule has 17 heavy (non-hydrogen) atoms. The molecule has 0 saturated heterocycles. The zero-order chi connectivity index (χ0) is 12.7. The predicted molar refractivity (Wildman–Crippen MR) is 77.0 cm³/mol. The van der Waals surface area contributed by atoms with Crippen molar-refractivity contribution in [3.63, 3.8) is 0 Å². The summed E-state index contributed by atoms with van der Waals surface area (Å²) in [6, 6.07) is 3.28. The van der Waals surface area contributed by atoms with Crippen molar-refractivity contribution in [3.05, 3.63) is 30.2 Å². The summed E-state index contributed by atoms with van der Waals surface area (Å²) >= 11 is 0. The minimum absolute atomic E-state index is 0.418. The molecule has 0 bridgehead atoms. The minimum Gasteiger partial charge on any atom is -0.361 e. The van der Waals surface area contributed by atoms with Gasteiger partial charge >= 0.3 is 0 Å². The molecule has 2 rings (SSSR count). The van der Waals surface area contributed by atoms with Gasteiger partial charge in [-0.15, -0.1) is 0 Å². The molecule has 0 aliphatic carbocycles. The average molecular weight is 246 g/mol. The van der Waals surface area contributed by atoms with Crippen LogP contribution in [0.25, 0.3) is 10.9 Å². The topological polar surface area (TPSA) is 28.7 Å². The Hall–Kier alpha value is -1.09. The van der Waals surface area contributed by atoms with Crippen LogP contribution in [-0.4, -0.2) is 18.0 Å². The van der Waals surface area contributed by atoms with Crippen molar-refractivity contribution in [2.75, 3.05) is 0 Å². The van der Waals surface area contributed by atoms with Crippen LogP contribution in [0, 0.1) is 0 Å². The number of aromatic nitrogens is 2. The van der Waals surface area contributed by atoms with Gasteiger partial charge < -0.3 is 4.98 Å². The molecule has 0 aliphatic heterocycles. The summed E-state index contributed by atoms with van der Waals surface area (Å²) < 4.78 is 0. The molecule has 2 aromatic heterocycles. The molecule has 0 atom stereocenters. The van der Waals surface area contributed by atoms with Crippen LogP contribution in [0.2, 0.25) is 18.1 Å². The molecule has 2 nitrogen and oxygen atoms in total. The average Bonchev–Trinajstić information content (AvgIpc) is 2.64. The fourth-order valence-electron chi connectivity index (χ4n) is 1.91. The van der Waals surface area contributed by atoms with E-state index in [0.29, 0.717) is 5.04 Å². The summed E-state index contributed by atoms with van der Waals surface area (Å²) in [7, 11) is -1.30. The second-order valence-electron chi connectivity index (χ2n) is 6.55. The van der Waals surface area contributed by atoms with E-state index in [1.807, 2.05) is 18.6 Å². The molecular weight excluding hydrogens is 224 g/mol. The molecule has 2 aromatic rings. The number of H-pyrrole nitrogens is 1. The van der Waals surface area contributed by atoms with E-state index >= 15 is 0 Å². The van der Waals surface area contributed by atoms with Crippen LogP contribution in [0.3, 0.4) is 0 Å². The van der Waals surface area contributed by atoms with E-state index in [9.17, 15) is 0 Å². The van der Waals surface area contributed by atoms with Gasteiger partial charge in [-0.2, -0.15) is 0 Å². The van der Waals surface area contributed by atoms with Gasteiger partial charge in [-0.05, 0) is 22.7 Å². The summed E-state index contributed by atoms with van der Waals surface area (Å²) in [6.45, 7) is 12.0. The molecule has 0 aliphatic rings. The molecule has 0 saturated carbocycles. The highest BCUT2D eigenvalue weighted by Crippen LogP contribution is 2.38. The highest BCUT2D eigenvalue weighted by molar-refractivity contribution is 6.79. The van der Waals surface area contributed by atoms with E-state index in [-0.39, 0.29) is 0 Å². The molecule has 0 spiro atoms. The van der Waals surface area contributed by atoms with Crippen molar-refractivity contribution < 1.29 is 0 Å². The Morgan fingerprint density at radius 3 is 2.59 bits per heavy atom. The Bertz CT molecular complexity index is 520. The normalized spacial score (nSPS) is 13.2. The highest BCUT2D eigenvalue weighted by Gasteiger charge is 2.35. The van der Waals surface area contributed by atoms with Crippen molar-refractivity contribution in [1.82, 2.24) is 9.97 Å². The SMILES string of the molecule is CC(C)(C)[Si](C)(C)Cc1cncc2cc[nH]c12. The molecule has 0 amide bonds. The largest absolute Gasteiger partial charge is 0.361 e. The molecule has 0 radical (unpaired) electrons. The van der Waals surface area contributed by atoms with Crippen molar-refractivity contribution in [2.45, 2.75) is 44.9 Å². The number of nitrogens with zero attached hydrogens (tertiary/aromatic N) is 1. The number of rotatable bonds is 2. The van der Waals surface area contributed by atoms with Gasteiger partial charge in [0, 0.05) is 24.0 Å². The molecule has 92 valence electrons. The van der Waals surface area contributed by atoms with E-state index in [1.165, 1.54) is 22.5 Å². The highest BCUT2D eigenvalue weighted by atomic mass is 28.3. The molecule has 2 heterocycles. The molecule has 0 fully saturated rings. The summed E-state index contributed by atoms with van der Waals surface area (Å²) in [5, 5.41) is 1.64. The number of hydrogen-bond acceptors (Lipinski definition) is 1. The summed E-state index contributed by atoms with van der Waals surface area (Å²) in [5.74, 6) is 0. The second-order valence-corrected chi connectivity index (χ2v) is 12.2. The van der Waals surface area contributed by atoms with Crippen LogP contribution in [0.1, 0.15) is 26.3 Å². The number of aromatic amines is 1. The first-order valence-corrected chi connectivity index (χ1v) is 9.42. The number of hydrogen-bond donors (Lipinski definition) is 1. The fraction of sp³-hybridized carbons (Fsp3) is 0.500. The van der Waals surface area contributed by atoms with Crippen LogP contribution in [0.5, 0.6) is 0 Å². The van der Waals surface area contributed by atoms with Gasteiger partial charge in [0.1, 0.15) is 0 Å². The van der Waals surface area contributed by atoms with Gasteiger partial charge in [-0.3, -0.25) is 4.98 Å². The third-order valence-electron chi connectivity index (χ3n) is 4.21. The maximum absolute atomic E-state index is 4.35. The molecule has 3 heteroatoms. The van der Waals surface area contributed by atoms with Crippen molar-refractivity contribution in [2.24, 2.45) is 0 Å². The van der Waals surface area contributed by atoms with Crippen molar-refractivity contribution in [1.29, 1.82) is 0 Å². The Morgan fingerprint density at radius 1 is 1.24 bits per heavy atom. The minimum atomic E-state index is -1.30. The molecule has 0 aromatic carbocycles. The lowest BCUT2D eigenvalue weighted by Crippen LogP contribution is -2.40. The van der Waals surface area contributed by atoms with Crippen LogP contribution in [0.15, 0.2) is 24.7 Å². The molecule has 0 unspecified atom stereocenters. The Labute approximate surface area is 104 Å². The fourth-order valence-corrected chi connectivity index (χ4v) is 3.67. The third-order valence-corrected chi connectivity index (χ3v) is 9.53. The molecular formula is C14H22N2Si. The van der Waals surface area contributed by atoms with Crippen LogP contribution in [-0.2, 0) is 6.04 Å². The predicted octanol–water partition coefficient (Wildman–Crippen LogP) is 4.15. The number of nitrogens with one attached hydrogen (secondary N) is 1. The number of pyridine rings is 1. The van der Waals surface area contributed by atoms with E-state index in [0.717, 1.165) is 0 Å². The van der Waals surface area contributed by atoms with Gasteiger partial charge in [0.25, 0.3) is 0 Å². The van der Waals surface area contributed by atoms with Crippen LogP contribution >= 0.6 is 0 Å². The Balaban J connectivity index is 2.39. The second kappa shape index (κ2) is 3.98. The first-order chi connectivity index (χ1) is 7.81. The van der Waals surface area contributed by atoms with Gasteiger partial charge in [-0.25, -0.2) is 0 Å². The van der Waals surface area contributed by atoms with E-state index < -0.39 is 8.07 Å². The Kier molecular flexibility index (Phi) is 2.90. The third kappa shape index (κ3) is 2.29. The van der Waals surface area contributed by atoms with Crippen LogP contribution < -0.4 is 0 Å². The monoisotopic (exact) mass is 246 g/mol. The summed E-state index contributed by atoms with van der Waals surface area (Å²) in [4.78, 5) is 7.70. The van der Waals surface area contributed by atoms with E-state index in [4.69, 9.17) is 0 Å². The summed E-state index contributed by atoms with van der Waals surface area (Å²) in [5.41, 5.74) is 2.64. The quantitative estimate of drug-likeness (QED) is 0.792.